The van der Waals surface area contributed by atoms with Crippen LogP contribution in [0.2, 0.25) is 5.02 Å². The van der Waals surface area contributed by atoms with Crippen molar-refractivity contribution in [1.29, 1.82) is 0 Å². The van der Waals surface area contributed by atoms with E-state index in [2.05, 4.69) is 10.1 Å². The summed E-state index contributed by atoms with van der Waals surface area (Å²) in [7, 11) is 0. The lowest BCUT2D eigenvalue weighted by Crippen LogP contribution is -2.23. The van der Waals surface area contributed by atoms with E-state index in [1.807, 2.05) is 55.5 Å². The lowest BCUT2D eigenvalue weighted by Gasteiger charge is -2.02. The van der Waals surface area contributed by atoms with Crippen LogP contribution in [0, 0.1) is 0 Å². The van der Waals surface area contributed by atoms with E-state index in [0.29, 0.717) is 38.5 Å². The SMILES string of the molecule is CCOc1ccc(-c2nc3s/c(=C\c4ccc(-c5ccccc5Cl)o4)c(=O)n3n2)cc1. The van der Waals surface area contributed by atoms with E-state index in [-0.39, 0.29) is 5.56 Å². The molecule has 0 spiro atoms. The van der Waals surface area contributed by atoms with E-state index in [9.17, 15) is 4.79 Å². The van der Waals surface area contributed by atoms with Crippen LogP contribution >= 0.6 is 22.9 Å². The molecule has 6 nitrogen and oxygen atoms in total. The lowest BCUT2D eigenvalue weighted by molar-refractivity contribution is 0.340. The van der Waals surface area contributed by atoms with Crippen LogP contribution in [0.4, 0.5) is 0 Å². The average molecular weight is 450 g/mol. The highest BCUT2D eigenvalue weighted by molar-refractivity contribution is 7.15. The number of furan rings is 1. The Morgan fingerprint density at radius 3 is 2.68 bits per heavy atom. The third-order valence-electron chi connectivity index (χ3n) is 4.64. The largest absolute Gasteiger partial charge is 0.494 e. The molecule has 0 fully saturated rings. The quantitative estimate of drug-likeness (QED) is 0.389. The van der Waals surface area contributed by atoms with Crippen molar-refractivity contribution in [3.05, 3.63) is 86.3 Å². The predicted octanol–water partition coefficient (Wildman–Crippen LogP) is 4.68. The van der Waals surface area contributed by atoms with E-state index in [4.69, 9.17) is 20.8 Å². The Morgan fingerprint density at radius 1 is 1.13 bits per heavy atom. The van der Waals surface area contributed by atoms with E-state index < -0.39 is 0 Å². The first-order valence-electron chi connectivity index (χ1n) is 9.61. The molecule has 8 heteroatoms. The molecule has 0 aliphatic carbocycles. The summed E-state index contributed by atoms with van der Waals surface area (Å²) < 4.78 is 13.1. The number of hydrogen-bond acceptors (Lipinski definition) is 6. The number of halogens is 1. The molecule has 5 aromatic rings. The van der Waals surface area contributed by atoms with Crippen LogP contribution < -0.4 is 14.8 Å². The molecule has 31 heavy (non-hydrogen) atoms. The Bertz CT molecular complexity index is 1480. The molecule has 0 radical (unpaired) electrons. The number of ether oxygens (including phenoxy) is 1. The van der Waals surface area contributed by atoms with Crippen molar-refractivity contribution in [2.24, 2.45) is 0 Å². The van der Waals surface area contributed by atoms with Gasteiger partial charge < -0.3 is 9.15 Å². The fourth-order valence-corrected chi connectivity index (χ4v) is 4.31. The third-order valence-corrected chi connectivity index (χ3v) is 5.93. The molecule has 3 heterocycles. The standard InChI is InChI=1S/C23H16ClN3O3S/c1-2-29-15-9-7-14(8-10-15)21-25-23-27(26-21)22(28)20(31-23)13-16-11-12-19(30-16)17-5-3-4-6-18(17)24/h3-13H,2H2,1H3/b20-13-. The minimum atomic E-state index is -0.236. The monoisotopic (exact) mass is 449 g/mol. The number of hydrogen-bond donors (Lipinski definition) is 0. The highest BCUT2D eigenvalue weighted by Gasteiger charge is 2.13. The van der Waals surface area contributed by atoms with E-state index in [0.717, 1.165) is 16.9 Å². The summed E-state index contributed by atoms with van der Waals surface area (Å²) >= 11 is 7.50. The summed E-state index contributed by atoms with van der Waals surface area (Å²) in [5.74, 6) is 2.48. The van der Waals surface area contributed by atoms with Gasteiger partial charge in [0.1, 0.15) is 21.8 Å². The molecule has 5 rings (SSSR count). The molecule has 0 atom stereocenters. The summed E-state index contributed by atoms with van der Waals surface area (Å²) in [5, 5.41) is 4.98. The molecular formula is C23H16ClN3O3S. The zero-order valence-corrected chi connectivity index (χ0v) is 18.0. The molecule has 154 valence electrons. The van der Waals surface area contributed by atoms with Crippen molar-refractivity contribution < 1.29 is 9.15 Å². The molecule has 0 aliphatic rings. The first-order valence-corrected chi connectivity index (χ1v) is 10.8. The van der Waals surface area contributed by atoms with Crippen molar-refractivity contribution in [2.75, 3.05) is 6.61 Å². The van der Waals surface area contributed by atoms with E-state index in [1.165, 1.54) is 15.9 Å². The molecule has 0 saturated carbocycles. The van der Waals surface area contributed by atoms with E-state index in [1.54, 1.807) is 18.2 Å². The second kappa shape index (κ2) is 8.02. The fourth-order valence-electron chi connectivity index (χ4n) is 3.19. The lowest BCUT2D eigenvalue weighted by atomic mass is 10.2. The molecule has 0 N–H and O–H groups in total. The zero-order valence-electron chi connectivity index (χ0n) is 16.4. The first kappa shape index (κ1) is 19.5. The van der Waals surface area contributed by atoms with Crippen LogP contribution in [0.15, 0.2) is 69.9 Å². The number of benzene rings is 2. The highest BCUT2D eigenvalue weighted by atomic mass is 35.5. The summed E-state index contributed by atoms with van der Waals surface area (Å²) in [5.41, 5.74) is 1.38. The van der Waals surface area contributed by atoms with Gasteiger partial charge in [0.2, 0.25) is 4.96 Å². The van der Waals surface area contributed by atoms with Crippen LogP contribution in [0.3, 0.4) is 0 Å². The van der Waals surface area contributed by atoms with Crippen molar-refractivity contribution in [2.45, 2.75) is 6.92 Å². The Labute approximate surface area is 186 Å². The van der Waals surface area contributed by atoms with Gasteiger partial charge in [-0.15, -0.1) is 5.10 Å². The van der Waals surface area contributed by atoms with Gasteiger partial charge in [0.15, 0.2) is 5.82 Å². The molecule has 3 aromatic heterocycles. The Hall–Kier alpha value is -3.42. The minimum absolute atomic E-state index is 0.236. The van der Waals surface area contributed by atoms with Gasteiger partial charge >= 0.3 is 0 Å². The first-order chi connectivity index (χ1) is 15.1. The number of rotatable bonds is 5. The third kappa shape index (κ3) is 3.73. The number of aromatic nitrogens is 3. The molecule has 0 saturated heterocycles. The smallest absolute Gasteiger partial charge is 0.291 e. The molecule has 0 bridgehead atoms. The van der Waals surface area contributed by atoms with Crippen LogP contribution in [-0.4, -0.2) is 21.2 Å². The topological polar surface area (TPSA) is 69.6 Å². The summed E-state index contributed by atoms with van der Waals surface area (Å²) in [6.07, 6.45) is 1.69. The van der Waals surface area contributed by atoms with Gasteiger partial charge in [0, 0.05) is 17.2 Å². The van der Waals surface area contributed by atoms with Gasteiger partial charge in [-0.2, -0.15) is 9.50 Å². The van der Waals surface area contributed by atoms with Gasteiger partial charge in [-0.1, -0.05) is 35.1 Å². The average Bonchev–Trinajstić information content (AvgIpc) is 3.47. The van der Waals surface area contributed by atoms with Crippen molar-refractivity contribution in [3.63, 3.8) is 0 Å². The maximum atomic E-state index is 12.8. The highest BCUT2D eigenvalue weighted by Crippen LogP contribution is 2.29. The summed E-state index contributed by atoms with van der Waals surface area (Å²) in [6.45, 7) is 2.54. The van der Waals surface area contributed by atoms with Gasteiger partial charge in [-0.3, -0.25) is 4.79 Å². The number of thiazole rings is 1. The molecule has 0 aliphatic heterocycles. The predicted molar refractivity (Wildman–Crippen MR) is 122 cm³/mol. The summed E-state index contributed by atoms with van der Waals surface area (Å²) in [6, 6.07) is 18.6. The van der Waals surface area contributed by atoms with Crippen molar-refractivity contribution in [3.8, 4) is 28.5 Å². The van der Waals surface area contributed by atoms with Gasteiger partial charge in [-0.25, -0.2) is 0 Å². The summed E-state index contributed by atoms with van der Waals surface area (Å²) in [4.78, 5) is 17.8. The molecule has 0 amide bonds. The Kier molecular flexibility index (Phi) is 5.05. The van der Waals surface area contributed by atoms with Gasteiger partial charge in [0.05, 0.1) is 11.6 Å². The van der Waals surface area contributed by atoms with Crippen LogP contribution in [-0.2, 0) is 0 Å². The van der Waals surface area contributed by atoms with Crippen LogP contribution in [0.25, 0.3) is 33.7 Å². The minimum Gasteiger partial charge on any atom is -0.494 e. The maximum absolute atomic E-state index is 12.8. The van der Waals surface area contributed by atoms with Crippen LogP contribution in [0.1, 0.15) is 12.7 Å². The fraction of sp³-hybridized carbons (Fsp3) is 0.0870. The molecule has 2 aromatic carbocycles. The maximum Gasteiger partial charge on any atom is 0.291 e. The van der Waals surface area contributed by atoms with Crippen molar-refractivity contribution in [1.82, 2.24) is 14.6 Å². The number of fused-ring (bicyclic) bond motifs is 1. The Morgan fingerprint density at radius 2 is 1.94 bits per heavy atom. The molecular weight excluding hydrogens is 434 g/mol. The second-order valence-corrected chi connectivity index (χ2v) is 8.10. The van der Waals surface area contributed by atoms with Gasteiger partial charge in [-0.05, 0) is 55.5 Å². The molecule has 0 unspecified atom stereocenters. The van der Waals surface area contributed by atoms with Crippen molar-refractivity contribution >= 4 is 34.0 Å². The Balaban J connectivity index is 1.47. The zero-order chi connectivity index (χ0) is 21.4. The second-order valence-electron chi connectivity index (χ2n) is 6.68. The number of nitrogens with zero attached hydrogens (tertiary/aromatic N) is 3. The normalized spacial score (nSPS) is 12.0. The van der Waals surface area contributed by atoms with Gasteiger partial charge in [0.25, 0.3) is 5.56 Å². The van der Waals surface area contributed by atoms with E-state index >= 15 is 0 Å². The van der Waals surface area contributed by atoms with Crippen LogP contribution in [0.5, 0.6) is 5.75 Å².